The smallest absolute Gasteiger partial charge is 0.107 e. The SMILES string of the molecule is Cc1cc(C)cc(C(C)(O)C2Cc3ccccc3N2)c1. The molecular weight excluding hydrogens is 246 g/mol. The largest absolute Gasteiger partial charge is 0.383 e. The van der Waals surface area contributed by atoms with E-state index >= 15 is 0 Å². The molecular formula is C18H21NO. The van der Waals surface area contributed by atoms with Crippen LogP contribution in [0, 0.1) is 13.8 Å². The van der Waals surface area contributed by atoms with Gasteiger partial charge in [0, 0.05) is 5.69 Å². The van der Waals surface area contributed by atoms with Crippen LogP contribution in [0.25, 0.3) is 0 Å². The molecule has 1 aliphatic heterocycles. The molecule has 2 atom stereocenters. The first-order valence-electron chi connectivity index (χ1n) is 7.12. The quantitative estimate of drug-likeness (QED) is 0.872. The van der Waals surface area contributed by atoms with E-state index in [1.165, 1.54) is 16.7 Å². The number of hydrogen-bond acceptors (Lipinski definition) is 2. The predicted octanol–water partition coefficient (Wildman–Crippen LogP) is 3.55. The summed E-state index contributed by atoms with van der Waals surface area (Å²) in [6.45, 7) is 6.05. The lowest BCUT2D eigenvalue weighted by atomic mass is 9.85. The second-order valence-corrected chi connectivity index (χ2v) is 6.08. The Morgan fingerprint density at radius 3 is 2.40 bits per heavy atom. The van der Waals surface area contributed by atoms with Gasteiger partial charge in [-0.05, 0) is 44.4 Å². The molecule has 0 aliphatic carbocycles. The van der Waals surface area contributed by atoms with Crippen LogP contribution < -0.4 is 5.32 Å². The molecule has 104 valence electrons. The third kappa shape index (κ3) is 2.20. The van der Waals surface area contributed by atoms with Gasteiger partial charge in [-0.25, -0.2) is 0 Å². The number of anilines is 1. The van der Waals surface area contributed by atoms with Crippen molar-refractivity contribution in [1.82, 2.24) is 0 Å². The Morgan fingerprint density at radius 1 is 1.10 bits per heavy atom. The fraction of sp³-hybridized carbons (Fsp3) is 0.333. The van der Waals surface area contributed by atoms with Crippen LogP contribution in [0.5, 0.6) is 0 Å². The van der Waals surface area contributed by atoms with Gasteiger partial charge in [-0.3, -0.25) is 0 Å². The van der Waals surface area contributed by atoms with Crippen LogP contribution in [-0.4, -0.2) is 11.1 Å². The molecule has 0 amide bonds. The highest BCUT2D eigenvalue weighted by molar-refractivity contribution is 5.58. The number of para-hydroxylation sites is 1. The van der Waals surface area contributed by atoms with Crippen LogP contribution >= 0.6 is 0 Å². The van der Waals surface area contributed by atoms with Gasteiger partial charge in [0.05, 0.1) is 6.04 Å². The molecule has 0 bridgehead atoms. The van der Waals surface area contributed by atoms with Crippen LogP contribution in [0.1, 0.15) is 29.2 Å². The number of benzene rings is 2. The van der Waals surface area contributed by atoms with Crippen molar-refractivity contribution in [2.45, 2.75) is 38.8 Å². The van der Waals surface area contributed by atoms with E-state index in [1.54, 1.807) is 0 Å². The number of aliphatic hydroxyl groups is 1. The summed E-state index contributed by atoms with van der Waals surface area (Å²) in [5.74, 6) is 0. The summed E-state index contributed by atoms with van der Waals surface area (Å²) in [6.07, 6.45) is 0.857. The minimum atomic E-state index is -0.879. The van der Waals surface area contributed by atoms with Gasteiger partial charge in [-0.2, -0.15) is 0 Å². The highest BCUT2D eigenvalue weighted by atomic mass is 16.3. The molecule has 0 spiro atoms. The van der Waals surface area contributed by atoms with Crippen molar-refractivity contribution in [1.29, 1.82) is 0 Å². The fourth-order valence-electron chi connectivity index (χ4n) is 3.11. The number of rotatable bonds is 2. The normalized spacial score (nSPS) is 20.1. The zero-order valence-electron chi connectivity index (χ0n) is 12.3. The monoisotopic (exact) mass is 267 g/mol. The Hall–Kier alpha value is -1.80. The van der Waals surface area contributed by atoms with Gasteiger partial charge in [-0.1, -0.05) is 47.5 Å². The van der Waals surface area contributed by atoms with Crippen molar-refractivity contribution in [3.8, 4) is 0 Å². The third-order valence-corrected chi connectivity index (χ3v) is 4.26. The lowest BCUT2D eigenvalue weighted by molar-refractivity contribution is 0.0380. The molecule has 2 aromatic carbocycles. The predicted molar refractivity (Wildman–Crippen MR) is 83.0 cm³/mol. The highest BCUT2D eigenvalue weighted by Crippen LogP contribution is 2.36. The molecule has 0 aromatic heterocycles. The van der Waals surface area contributed by atoms with E-state index in [-0.39, 0.29) is 6.04 Å². The summed E-state index contributed by atoms with van der Waals surface area (Å²) in [4.78, 5) is 0. The van der Waals surface area contributed by atoms with Gasteiger partial charge in [0.1, 0.15) is 5.60 Å². The number of aryl methyl sites for hydroxylation is 2. The first kappa shape index (κ1) is 13.2. The van der Waals surface area contributed by atoms with Crippen LogP contribution in [0.2, 0.25) is 0 Å². The third-order valence-electron chi connectivity index (χ3n) is 4.26. The molecule has 1 heterocycles. The van der Waals surface area contributed by atoms with E-state index in [0.29, 0.717) is 0 Å². The average molecular weight is 267 g/mol. The van der Waals surface area contributed by atoms with Crippen LogP contribution in [-0.2, 0) is 12.0 Å². The molecule has 3 rings (SSSR count). The minimum Gasteiger partial charge on any atom is -0.383 e. The maximum atomic E-state index is 11.0. The summed E-state index contributed by atoms with van der Waals surface area (Å²) < 4.78 is 0. The van der Waals surface area contributed by atoms with Crippen molar-refractivity contribution in [2.75, 3.05) is 5.32 Å². The molecule has 0 fully saturated rings. The van der Waals surface area contributed by atoms with Crippen molar-refractivity contribution in [3.63, 3.8) is 0 Å². The van der Waals surface area contributed by atoms with Crippen LogP contribution in [0.15, 0.2) is 42.5 Å². The van der Waals surface area contributed by atoms with Crippen molar-refractivity contribution in [3.05, 3.63) is 64.7 Å². The van der Waals surface area contributed by atoms with E-state index in [2.05, 4.69) is 55.6 Å². The lowest BCUT2D eigenvalue weighted by Gasteiger charge is -2.31. The summed E-state index contributed by atoms with van der Waals surface area (Å²) in [6, 6.07) is 14.6. The lowest BCUT2D eigenvalue weighted by Crippen LogP contribution is -2.41. The molecule has 2 heteroatoms. The van der Waals surface area contributed by atoms with Gasteiger partial charge in [0.25, 0.3) is 0 Å². The number of nitrogens with one attached hydrogen (secondary N) is 1. The molecule has 2 nitrogen and oxygen atoms in total. The second-order valence-electron chi connectivity index (χ2n) is 6.08. The van der Waals surface area contributed by atoms with Crippen LogP contribution in [0.3, 0.4) is 0 Å². The van der Waals surface area contributed by atoms with Gasteiger partial charge >= 0.3 is 0 Å². The van der Waals surface area contributed by atoms with Gasteiger partial charge in [0.15, 0.2) is 0 Å². The van der Waals surface area contributed by atoms with Gasteiger partial charge < -0.3 is 10.4 Å². The first-order valence-corrected chi connectivity index (χ1v) is 7.12. The van der Waals surface area contributed by atoms with E-state index in [9.17, 15) is 5.11 Å². The molecule has 0 saturated carbocycles. The summed E-state index contributed by atoms with van der Waals surface area (Å²) in [5, 5.41) is 14.5. The van der Waals surface area contributed by atoms with Crippen molar-refractivity contribution in [2.24, 2.45) is 0 Å². The zero-order valence-corrected chi connectivity index (χ0v) is 12.3. The van der Waals surface area contributed by atoms with E-state index in [1.807, 2.05) is 13.0 Å². The maximum Gasteiger partial charge on any atom is 0.107 e. The summed E-state index contributed by atoms with van der Waals surface area (Å²) in [5.41, 5.74) is 4.91. The molecule has 2 unspecified atom stereocenters. The van der Waals surface area contributed by atoms with Crippen molar-refractivity contribution < 1.29 is 5.11 Å². The molecule has 0 radical (unpaired) electrons. The molecule has 1 aliphatic rings. The molecule has 2 aromatic rings. The Labute approximate surface area is 120 Å². The Balaban J connectivity index is 1.94. The zero-order chi connectivity index (χ0) is 14.3. The van der Waals surface area contributed by atoms with E-state index < -0.39 is 5.60 Å². The number of fused-ring (bicyclic) bond motifs is 1. The van der Waals surface area contributed by atoms with Gasteiger partial charge in [-0.15, -0.1) is 0 Å². The molecule has 2 N–H and O–H groups in total. The van der Waals surface area contributed by atoms with E-state index in [4.69, 9.17) is 0 Å². The topological polar surface area (TPSA) is 32.3 Å². The summed E-state index contributed by atoms with van der Waals surface area (Å²) >= 11 is 0. The molecule has 0 saturated heterocycles. The Morgan fingerprint density at radius 2 is 1.75 bits per heavy atom. The Bertz CT molecular complexity index is 600. The van der Waals surface area contributed by atoms with Crippen molar-refractivity contribution >= 4 is 5.69 Å². The highest BCUT2D eigenvalue weighted by Gasteiger charge is 2.37. The summed E-state index contributed by atoms with van der Waals surface area (Å²) in [7, 11) is 0. The average Bonchev–Trinajstić information content (AvgIpc) is 2.82. The van der Waals surface area contributed by atoms with E-state index in [0.717, 1.165) is 17.7 Å². The van der Waals surface area contributed by atoms with Gasteiger partial charge in [0.2, 0.25) is 0 Å². The standard InChI is InChI=1S/C18H21NO/c1-12-8-13(2)10-15(9-12)18(3,20)17-11-14-6-4-5-7-16(14)19-17/h4-10,17,19-20H,11H2,1-3H3. The number of hydrogen-bond donors (Lipinski definition) is 2. The van der Waals surface area contributed by atoms with Crippen LogP contribution in [0.4, 0.5) is 5.69 Å². The maximum absolute atomic E-state index is 11.0. The fourth-order valence-corrected chi connectivity index (χ4v) is 3.11. The second kappa shape index (κ2) is 4.64. The molecule has 20 heavy (non-hydrogen) atoms. The Kier molecular flexibility index (Phi) is 3.06. The first-order chi connectivity index (χ1) is 9.46. The minimum absolute atomic E-state index is 0.0149.